The predicted molar refractivity (Wildman–Crippen MR) is 86.2 cm³/mol. The lowest BCUT2D eigenvalue weighted by Gasteiger charge is -2.33. The van der Waals surface area contributed by atoms with Crippen molar-refractivity contribution in [1.82, 2.24) is 15.3 Å². The summed E-state index contributed by atoms with van der Waals surface area (Å²) in [5.74, 6) is 2.23. The average molecular weight is 313 g/mol. The van der Waals surface area contributed by atoms with Gasteiger partial charge in [0.25, 0.3) is 0 Å². The lowest BCUT2D eigenvalue weighted by atomic mass is 9.96. The lowest BCUT2D eigenvalue weighted by molar-refractivity contribution is 0.366. The first kappa shape index (κ1) is 16.3. The Morgan fingerprint density at radius 2 is 2.14 bits per heavy atom. The second kappa shape index (κ2) is 7.80. The van der Waals surface area contributed by atoms with E-state index in [1.165, 1.54) is 0 Å². The van der Waals surface area contributed by atoms with Crippen LogP contribution in [0.25, 0.3) is 0 Å². The Morgan fingerprint density at radius 3 is 2.76 bits per heavy atom. The standard InChI is InChI=1S/C15H25ClN4O/c1-11(2)8-17-9-12-4-6-20(7-5-12)14-13(16)10-18-15(19-14)21-3/h10-12,17H,4-9H2,1-3H3. The summed E-state index contributed by atoms with van der Waals surface area (Å²) in [6, 6.07) is 0.370. The maximum Gasteiger partial charge on any atom is 0.318 e. The fraction of sp³-hybridized carbons (Fsp3) is 0.733. The zero-order chi connectivity index (χ0) is 15.2. The van der Waals surface area contributed by atoms with E-state index in [-0.39, 0.29) is 0 Å². The van der Waals surface area contributed by atoms with Crippen molar-refractivity contribution in [3.05, 3.63) is 11.2 Å². The van der Waals surface area contributed by atoms with E-state index in [9.17, 15) is 0 Å². The molecule has 21 heavy (non-hydrogen) atoms. The molecular formula is C15H25ClN4O. The van der Waals surface area contributed by atoms with Gasteiger partial charge >= 0.3 is 6.01 Å². The van der Waals surface area contributed by atoms with Crippen LogP contribution in [0.15, 0.2) is 6.20 Å². The van der Waals surface area contributed by atoms with Gasteiger partial charge in [0.1, 0.15) is 5.02 Å². The topological polar surface area (TPSA) is 50.3 Å². The lowest BCUT2D eigenvalue weighted by Crippen LogP contribution is -2.38. The SMILES string of the molecule is COc1ncc(Cl)c(N2CCC(CNCC(C)C)CC2)n1. The molecule has 0 saturated carbocycles. The molecule has 118 valence electrons. The van der Waals surface area contributed by atoms with Gasteiger partial charge in [-0.15, -0.1) is 0 Å². The van der Waals surface area contributed by atoms with Crippen molar-refractivity contribution in [1.29, 1.82) is 0 Å². The zero-order valence-electron chi connectivity index (χ0n) is 13.1. The Hall–Kier alpha value is -1.07. The van der Waals surface area contributed by atoms with E-state index in [0.717, 1.165) is 50.8 Å². The predicted octanol–water partition coefficient (Wildman–Crippen LogP) is 2.60. The quantitative estimate of drug-likeness (QED) is 0.875. The van der Waals surface area contributed by atoms with Crippen molar-refractivity contribution in [2.24, 2.45) is 11.8 Å². The van der Waals surface area contributed by atoms with Gasteiger partial charge in [0, 0.05) is 13.1 Å². The molecule has 0 atom stereocenters. The number of halogens is 1. The molecule has 0 radical (unpaired) electrons. The molecule has 2 rings (SSSR count). The third kappa shape index (κ3) is 4.71. The molecule has 0 aliphatic carbocycles. The van der Waals surface area contributed by atoms with Crippen LogP contribution in [0.5, 0.6) is 6.01 Å². The molecule has 1 N–H and O–H groups in total. The molecule has 0 amide bonds. The normalized spacial score (nSPS) is 16.5. The summed E-state index contributed by atoms with van der Waals surface area (Å²) in [5, 5.41) is 4.14. The number of ether oxygens (including phenoxy) is 1. The summed E-state index contributed by atoms with van der Waals surface area (Å²) < 4.78 is 5.08. The van der Waals surface area contributed by atoms with Gasteiger partial charge in [-0.05, 0) is 37.8 Å². The monoisotopic (exact) mass is 312 g/mol. The average Bonchev–Trinajstić information content (AvgIpc) is 2.48. The Kier molecular flexibility index (Phi) is 6.06. The Balaban J connectivity index is 1.86. The fourth-order valence-electron chi connectivity index (χ4n) is 2.59. The van der Waals surface area contributed by atoms with Gasteiger partial charge in [0.2, 0.25) is 0 Å². The van der Waals surface area contributed by atoms with Crippen molar-refractivity contribution in [3.8, 4) is 6.01 Å². The molecule has 1 fully saturated rings. The highest BCUT2D eigenvalue weighted by atomic mass is 35.5. The van der Waals surface area contributed by atoms with Gasteiger partial charge in [0.15, 0.2) is 5.82 Å². The number of anilines is 1. The first-order valence-corrected chi connectivity index (χ1v) is 8.00. The molecule has 0 aromatic carbocycles. The molecule has 0 unspecified atom stereocenters. The molecule has 1 aliphatic rings. The number of nitrogens with one attached hydrogen (secondary N) is 1. The molecule has 0 spiro atoms. The Bertz CT molecular complexity index is 447. The number of piperidine rings is 1. The highest BCUT2D eigenvalue weighted by Gasteiger charge is 2.22. The van der Waals surface area contributed by atoms with Crippen molar-refractivity contribution in [2.45, 2.75) is 26.7 Å². The van der Waals surface area contributed by atoms with Crippen molar-refractivity contribution >= 4 is 17.4 Å². The summed E-state index contributed by atoms with van der Waals surface area (Å²) >= 11 is 6.21. The second-order valence-electron chi connectivity index (χ2n) is 6.01. The van der Waals surface area contributed by atoms with E-state index in [2.05, 4.69) is 34.0 Å². The van der Waals surface area contributed by atoms with E-state index in [1.807, 2.05) is 0 Å². The number of hydrogen-bond donors (Lipinski definition) is 1. The van der Waals surface area contributed by atoms with Crippen LogP contribution < -0.4 is 15.0 Å². The van der Waals surface area contributed by atoms with Crippen LogP contribution in [0.3, 0.4) is 0 Å². The minimum absolute atomic E-state index is 0.370. The molecule has 0 bridgehead atoms. The van der Waals surface area contributed by atoms with Gasteiger partial charge in [-0.2, -0.15) is 4.98 Å². The van der Waals surface area contributed by atoms with E-state index in [4.69, 9.17) is 16.3 Å². The molecule has 1 aromatic heterocycles. The highest BCUT2D eigenvalue weighted by Crippen LogP contribution is 2.28. The first-order chi connectivity index (χ1) is 10.1. The molecular weight excluding hydrogens is 288 g/mol. The van der Waals surface area contributed by atoms with E-state index in [1.54, 1.807) is 13.3 Å². The molecule has 1 aromatic rings. The number of methoxy groups -OCH3 is 1. The Morgan fingerprint density at radius 1 is 1.43 bits per heavy atom. The highest BCUT2D eigenvalue weighted by molar-refractivity contribution is 6.32. The summed E-state index contributed by atoms with van der Waals surface area (Å²) in [4.78, 5) is 10.6. The number of rotatable bonds is 6. The van der Waals surface area contributed by atoms with Crippen LogP contribution in [0, 0.1) is 11.8 Å². The maximum absolute atomic E-state index is 6.21. The largest absolute Gasteiger partial charge is 0.467 e. The van der Waals surface area contributed by atoms with E-state index < -0.39 is 0 Å². The van der Waals surface area contributed by atoms with Crippen LogP contribution in [0.1, 0.15) is 26.7 Å². The van der Waals surface area contributed by atoms with Gasteiger partial charge in [-0.1, -0.05) is 25.4 Å². The van der Waals surface area contributed by atoms with Crippen LogP contribution in [-0.2, 0) is 0 Å². The second-order valence-corrected chi connectivity index (χ2v) is 6.42. The summed E-state index contributed by atoms with van der Waals surface area (Å²) in [7, 11) is 1.57. The van der Waals surface area contributed by atoms with Crippen molar-refractivity contribution < 1.29 is 4.74 Å². The van der Waals surface area contributed by atoms with Gasteiger partial charge in [-0.25, -0.2) is 4.98 Å². The molecule has 6 heteroatoms. The van der Waals surface area contributed by atoms with E-state index >= 15 is 0 Å². The minimum Gasteiger partial charge on any atom is -0.467 e. The summed E-state index contributed by atoms with van der Waals surface area (Å²) in [5.41, 5.74) is 0. The van der Waals surface area contributed by atoms with Gasteiger partial charge < -0.3 is 15.0 Å². The third-order valence-electron chi connectivity index (χ3n) is 3.79. The Labute approximate surface area is 132 Å². The van der Waals surface area contributed by atoms with Crippen LogP contribution in [-0.4, -0.2) is 43.3 Å². The fourth-order valence-corrected chi connectivity index (χ4v) is 2.80. The molecule has 1 aliphatic heterocycles. The van der Waals surface area contributed by atoms with Crippen LogP contribution >= 0.6 is 11.6 Å². The number of aromatic nitrogens is 2. The number of hydrogen-bond acceptors (Lipinski definition) is 5. The van der Waals surface area contributed by atoms with Crippen LogP contribution in [0.4, 0.5) is 5.82 Å². The van der Waals surface area contributed by atoms with Crippen molar-refractivity contribution in [2.75, 3.05) is 38.2 Å². The van der Waals surface area contributed by atoms with E-state index in [0.29, 0.717) is 17.0 Å². The summed E-state index contributed by atoms with van der Waals surface area (Å²) in [6.07, 6.45) is 3.93. The van der Waals surface area contributed by atoms with Crippen LogP contribution in [0.2, 0.25) is 5.02 Å². The minimum atomic E-state index is 0.370. The maximum atomic E-state index is 6.21. The molecule has 5 nitrogen and oxygen atoms in total. The molecule has 2 heterocycles. The van der Waals surface area contributed by atoms with Crippen molar-refractivity contribution in [3.63, 3.8) is 0 Å². The first-order valence-electron chi connectivity index (χ1n) is 7.62. The third-order valence-corrected chi connectivity index (χ3v) is 4.05. The molecule has 1 saturated heterocycles. The van der Waals surface area contributed by atoms with Gasteiger partial charge in [-0.3, -0.25) is 0 Å². The summed E-state index contributed by atoms with van der Waals surface area (Å²) in [6.45, 7) is 8.63. The number of nitrogens with zero attached hydrogens (tertiary/aromatic N) is 3. The van der Waals surface area contributed by atoms with Gasteiger partial charge in [0.05, 0.1) is 13.3 Å². The zero-order valence-corrected chi connectivity index (χ0v) is 13.9. The smallest absolute Gasteiger partial charge is 0.318 e.